The number of hydrogen-bond donors (Lipinski definition) is 1. The molecule has 3 heterocycles. The van der Waals surface area contributed by atoms with Gasteiger partial charge in [0.15, 0.2) is 5.13 Å². The summed E-state index contributed by atoms with van der Waals surface area (Å²) in [5.41, 5.74) is 3.03. The van der Waals surface area contributed by atoms with Crippen LogP contribution in [0.3, 0.4) is 0 Å². The van der Waals surface area contributed by atoms with Gasteiger partial charge in [0.2, 0.25) is 0 Å². The van der Waals surface area contributed by atoms with Crippen molar-refractivity contribution in [3.05, 3.63) is 40.6 Å². The van der Waals surface area contributed by atoms with E-state index in [4.69, 9.17) is 0 Å². The molecule has 3 aromatic rings. The minimum absolute atomic E-state index is 0.881. The molecule has 0 aliphatic heterocycles. The molecule has 3 aromatic heterocycles. The number of thiazole rings is 2. The molecule has 1 N–H and O–H groups in total. The first-order chi connectivity index (χ1) is 9.22. The zero-order valence-corrected chi connectivity index (χ0v) is 12.2. The van der Waals surface area contributed by atoms with Gasteiger partial charge in [0.1, 0.15) is 0 Å². The predicted molar refractivity (Wildman–Crippen MR) is 80.2 cm³/mol. The first-order valence-corrected chi connectivity index (χ1v) is 7.49. The molecule has 0 spiro atoms. The molecular weight excluding hydrogens is 276 g/mol. The Kier molecular flexibility index (Phi) is 3.27. The molecule has 0 radical (unpaired) electrons. The molecular formula is C13H12N4S2. The third-order valence-electron chi connectivity index (χ3n) is 2.57. The number of nitrogens with one attached hydrogen (secondary N) is 1. The Labute approximate surface area is 119 Å². The van der Waals surface area contributed by atoms with Gasteiger partial charge in [-0.1, -0.05) is 0 Å². The van der Waals surface area contributed by atoms with Gasteiger partial charge in [0.05, 0.1) is 21.3 Å². The zero-order valence-electron chi connectivity index (χ0n) is 10.5. The van der Waals surface area contributed by atoms with Gasteiger partial charge >= 0.3 is 0 Å². The SMILES string of the molecule is Cc1nc(C)c(-c2csc(Nc3ccncc3)n2)s1. The average Bonchev–Trinajstić information content (AvgIpc) is 2.97. The van der Waals surface area contributed by atoms with Crippen LogP contribution in [0.15, 0.2) is 29.9 Å². The number of hydrogen-bond acceptors (Lipinski definition) is 6. The summed E-state index contributed by atoms with van der Waals surface area (Å²) in [5, 5.41) is 7.29. The van der Waals surface area contributed by atoms with E-state index in [-0.39, 0.29) is 0 Å². The lowest BCUT2D eigenvalue weighted by atomic mass is 10.3. The van der Waals surface area contributed by atoms with Gasteiger partial charge in [0.25, 0.3) is 0 Å². The first-order valence-electron chi connectivity index (χ1n) is 5.79. The monoisotopic (exact) mass is 288 g/mol. The van der Waals surface area contributed by atoms with Gasteiger partial charge in [0, 0.05) is 23.5 Å². The summed E-state index contributed by atoms with van der Waals surface area (Å²) in [7, 11) is 0. The molecule has 0 saturated carbocycles. The van der Waals surface area contributed by atoms with Crippen molar-refractivity contribution in [3.63, 3.8) is 0 Å². The summed E-state index contributed by atoms with van der Waals surface area (Å²) in [6, 6.07) is 3.84. The standard InChI is InChI=1S/C13H12N4S2/c1-8-12(19-9(2)15-8)11-7-18-13(17-11)16-10-3-5-14-6-4-10/h3-7H,1-2H3,(H,14,16,17). The van der Waals surface area contributed by atoms with Crippen LogP contribution in [0.1, 0.15) is 10.7 Å². The molecule has 0 aliphatic carbocycles. The summed E-state index contributed by atoms with van der Waals surface area (Å²) < 4.78 is 0. The molecule has 0 aromatic carbocycles. The van der Waals surface area contributed by atoms with Crippen LogP contribution in [0.4, 0.5) is 10.8 Å². The van der Waals surface area contributed by atoms with Crippen LogP contribution in [0.2, 0.25) is 0 Å². The fraction of sp³-hybridized carbons (Fsp3) is 0.154. The summed E-state index contributed by atoms with van der Waals surface area (Å²) in [6.07, 6.45) is 3.51. The lowest BCUT2D eigenvalue weighted by Gasteiger charge is -2.00. The van der Waals surface area contributed by atoms with Gasteiger partial charge < -0.3 is 5.32 Å². The van der Waals surface area contributed by atoms with Gasteiger partial charge in [-0.25, -0.2) is 9.97 Å². The number of pyridine rings is 1. The number of nitrogens with zero attached hydrogens (tertiary/aromatic N) is 3. The third-order valence-corrected chi connectivity index (χ3v) is 4.43. The van der Waals surface area contributed by atoms with Crippen molar-refractivity contribution in [3.8, 4) is 10.6 Å². The van der Waals surface area contributed by atoms with Crippen LogP contribution in [0.25, 0.3) is 10.6 Å². The molecule has 19 heavy (non-hydrogen) atoms. The van der Waals surface area contributed by atoms with Gasteiger partial charge in [-0.05, 0) is 26.0 Å². The highest BCUT2D eigenvalue weighted by atomic mass is 32.1. The van der Waals surface area contributed by atoms with Crippen molar-refractivity contribution in [2.45, 2.75) is 13.8 Å². The van der Waals surface area contributed by atoms with E-state index in [0.717, 1.165) is 32.1 Å². The van der Waals surface area contributed by atoms with Crippen LogP contribution < -0.4 is 5.32 Å². The lowest BCUT2D eigenvalue weighted by molar-refractivity contribution is 1.20. The molecule has 3 rings (SSSR count). The van der Waals surface area contributed by atoms with Crippen molar-refractivity contribution in [1.82, 2.24) is 15.0 Å². The van der Waals surface area contributed by atoms with E-state index in [1.165, 1.54) is 0 Å². The van der Waals surface area contributed by atoms with Crippen LogP contribution in [-0.4, -0.2) is 15.0 Å². The second-order valence-electron chi connectivity index (χ2n) is 4.05. The number of aryl methyl sites for hydroxylation is 2. The van der Waals surface area contributed by atoms with Gasteiger partial charge in [-0.15, -0.1) is 22.7 Å². The van der Waals surface area contributed by atoms with Gasteiger partial charge in [-0.2, -0.15) is 0 Å². The maximum atomic E-state index is 4.61. The summed E-state index contributed by atoms with van der Waals surface area (Å²) >= 11 is 3.28. The highest BCUT2D eigenvalue weighted by molar-refractivity contribution is 7.16. The Balaban J connectivity index is 1.86. The van der Waals surface area contributed by atoms with Crippen molar-refractivity contribution < 1.29 is 0 Å². The smallest absolute Gasteiger partial charge is 0.187 e. The van der Waals surface area contributed by atoms with E-state index in [1.807, 2.05) is 26.0 Å². The second kappa shape index (κ2) is 5.07. The molecule has 4 nitrogen and oxygen atoms in total. The highest BCUT2D eigenvalue weighted by Crippen LogP contribution is 2.32. The lowest BCUT2D eigenvalue weighted by Crippen LogP contribution is -1.89. The minimum Gasteiger partial charge on any atom is -0.331 e. The average molecular weight is 288 g/mol. The fourth-order valence-corrected chi connectivity index (χ4v) is 3.44. The van der Waals surface area contributed by atoms with Crippen LogP contribution in [0, 0.1) is 13.8 Å². The van der Waals surface area contributed by atoms with E-state index >= 15 is 0 Å². The van der Waals surface area contributed by atoms with Crippen LogP contribution >= 0.6 is 22.7 Å². The largest absolute Gasteiger partial charge is 0.331 e. The topological polar surface area (TPSA) is 50.7 Å². The van der Waals surface area contributed by atoms with E-state index in [9.17, 15) is 0 Å². The molecule has 0 fully saturated rings. The molecule has 0 saturated heterocycles. The van der Waals surface area contributed by atoms with E-state index in [0.29, 0.717) is 0 Å². The Morgan fingerprint density at radius 2 is 1.89 bits per heavy atom. The van der Waals surface area contributed by atoms with Crippen LogP contribution in [0.5, 0.6) is 0 Å². The maximum Gasteiger partial charge on any atom is 0.187 e. The molecule has 0 unspecified atom stereocenters. The molecule has 6 heteroatoms. The fourth-order valence-electron chi connectivity index (χ4n) is 1.76. The maximum absolute atomic E-state index is 4.61. The number of aromatic nitrogens is 3. The molecule has 0 aliphatic rings. The van der Waals surface area contributed by atoms with Crippen molar-refractivity contribution in [2.24, 2.45) is 0 Å². The summed E-state index contributed by atoms with van der Waals surface area (Å²) in [5.74, 6) is 0. The molecule has 0 bridgehead atoms. The summed E-state index contributed by atoms with van der Waals surface area (Å²) in [6.45, 7) is 4.04. The van der Waals surface area contributed by atoms with E-state index < -0.39 is 0 Å². The van der Waals surface area contributed by atoms with E-state index in [1.54, 1.807) is 35.1 Å². The quantitative estimate of drug-likeness (QED) is 0.790. The number of anilines is 2. The van der Waals surface area contributed by atoms with Crippen LogP contribution in [-0.2, 0) is 0 Å². The summed E-state index contributed by atoms with van der Waals surface area (Å²) in [4.78, 5) is 14.2. The minimum atomic E-state index is 0.881. The Morgan fingerprint density at radius 3 is 2.58 bits per heavy atom. The van der Waals surface area contributed by atoms with Gasteiger partial charge in [-0.3, -0.25) is 4.98 Å². The second-order valence-corrected chi connectivity index (χ2v) is 6.11. The Bertz CT molecular complexity index is 688. The molecule has 0 atom stereocenters. The molecule has 96 valence electrons. The molecule has 0 amide bonds. The van der Waals surface area contributed by atoms with Crippen molar-refractivity contribution in [1.29, 1.82) is 0 Å². The third kappa shape index (κ3) is 2.64. The normalized spacial score (nSPS) is 10.6. The Hall–Kier alpha value is -1.79. The predicted octanol–water partition coefficient (Wildman–Crippen LogP) is 4.02. The van der Waals surface area contributed by atoms with Crippen molar-refractivity contribution in [2.75, 3.05) is 5.32 Å². The zero-order chi connectivity index (χ0) is 13.2. The first kappa shape index (κ1) is 12.3. The van der Waals surface area contributed by atoms with E-state index in [2.05, 4.69) is 25.6 Å². The highest BCUT2D eigenvalue weighted by Gasteiger charge is 2.11. The Morgan fingerprint density at radius 1 is 1.11 bits per heavy atom. The number of rotatable bonds is 3. The van der Waals surface area contributed by atoms with Crippen molar-refractivity contribution >= 4 is 33.5 Å².